The summed E-state index contributed by atoms with van der Waals surface area (Å²) in [5.74, 6) is 1.41. The summed E-state index contributed by atoms with van der Waals surface area (Å²) in [7, 11) is 3.99. The number of likely N-dealkylation sites (tertiary alicyclic amines) is 1. The van der Waals surface area contributed by atoms with Crippen LogP contribution in [0.4, 0.5) is 5.82 Å². The van der Waals surface area contributed by atoms with Crippen molar-refractivity contribution >= 4 is 11.7 Å². The SMILES string of the molecule is CNc1cc(C)nc(-c2ccc(C(=O)NCCC3CCCN3C)cc2)n1. The number of aryl methyl sites for hydroxylation is 1. The summed E-state index contributed by atoms with van der Waals surface area (Å²) in [6.07, 6.45) is 3.49. The lowest BCUT2D eigenvalue weighted by Gasteiger charge is -2.19. The molecule has 1 amide bonds. The van der Waals surface area contributed by atoms with E-state index in [0.29, 0.717) is 24.0 Å². The summed E-state index contributed by atoms with van der Waals surface area (Å²) in [4.78, 5) is 23.7. The van der Waals surface area contributed by atoms with Gasteiger partial charge in [-0.2, -0.15) is 0 Å². The van der Waals surface area contributed by atoms with Crippen molar-refractivity contribution in [1.29, 1.82) is 0 Å². The fraction of sp³-hybridized carbons (Fsp3) is 0.450. The highest BCUT2D eigenvalue weighted by Crippen LogP contribution is 2.19. The zero-order valence-corrected chi connectivity index (χ0v) is 15.7. The minimum absolute atomic E-state index is 0.0294. The molecule has 26 heavy (non-hydrogen) atoms. The average Bonchev–Trinajstić information content (AvgIpc) is 3.06. The smallest absolute Gasteiger partial charge is 0.251 e. The molecular weight excluding hydrogens is 326 g/mol. The Kier molecular flexibility index (Phi) is 5.83. The lowest BCUT2D eigenvalue weighted by Crippen LogP contribution is -2.31. The van der Waals surface area contributed by atoms with Crippen LogP contribution in [0.1, 0.15) is 35.3 Å². The summed E-state index contributed by atoms with van der Waals surface area (Å²) in [6, 6.07) is 9.95. The van der Waals surface area contributed by atoms with Gasteiger partial charge in [0.1, 0.15) is 5.82 Å². The summed E-state index contributed by atoms with van der Waals surface area (Å²) >= 11 is 0. The highest BCUT2D eigenvalue weighted by molar-refractivity contribution is 5.94. The number of carbonyl (C=O) groups excluding carboxylic acids is 1. The van der Waals surface area contributed by atoms with Crippen LogP contribution < -0.4 is 10.6 Å². The number of nitrogens with one attached hydrogen (secondary N) is 2. The highest BCUT2D eigenvalue weighted by Gasteiger charge is 2.20. The van der Waals surface area contributed by atoms with Crippen molar-refractivity contribution < 1.29 is 4.79 Å². The fourth-order valence-corrected chi connectivity index (χ4v) is 3.39. The van der Waals surface area contributed by atoms with Crippen LogP contribution in [0.25, 0.3) is 11.4 Å². The molecule has 6 heteroatoms. The number of anilines is 1. The van der Waals surface area contributed by atoms with Crippen LogP contribution in [0.5, 0.6) is 0 Å². The number of carbonyl (C=O) groups is 1. The van der Waals surface area contributed by atoms with Gasteiger partial charge >= 0.3 is 0 Å². The molecule has 138 valence electrons. The van der Waals surface area contributed by atoms with Crippen LogP contribution in [0, 0.1) is 6.92 Å². The standard InChI is InChI=1S/C20H27N5O/c1-14-13-18(21-2)24-19(23-14)15-6-8-16(9-7-15)20(26)22-11-10-17-5-4-12-25(17)3/h6-9,13,17H,4-5,10-12H2,1-3H3,(H,22,26)(H,21,23,24). The molecule has 0 saturated carbocycles. The third kappa shape index (κ3) is 4.38. The molecule has 3 rings (SSSR count). The zero-order chi connectivity index (χ0) is 18.5. The van der Waals surface area contributed by atoms with Gasteiger partial charge in [0.25, 0.3) is 5.91 Å². The second kappa shape index (κ2) is 8.27. The van der Waals surface area contributed by atoms with E-state index in [9.17, 15) is 4.79 Å². The lowest BCUT2D eigenvalue weighted by atomic mass is 10.1. The monoisotopic (exact) mass is 353 g/mol. The molecule has 1 saturated heterocycles. The first-order chi connectivity index (χ1) is 12.6. The Morgan fingerprint density at radius 2 is 2.04 bits per heavy atom. The third-order valence-corrected chi connectivity index (χ3v) is 4.95. The maximum absolute atomic E-state index is 12.3. The number of hydrogen-bond acceptors (Lipinski definition) is 5. The summed E-state index contributed by atoms with van der Waals surface area (Å²) in [5, 5.41) is 6.06. The van der Waals surface area contributed by atoms with Crippen molar-refractivity contribution in [2.45, 2.75) is 32.2 Å². The minimum atomic E-state index is -0.0294. The van der Waals surface area contributed by atoms with Gasteiger partial charge in [0, 0.05) is 42.5 Å². The fourth-order valence-electron chi connectivity index (χ4n) is 3.39. The molecule has 1 aromatic carbocycles. The Bertz CT molecular complexity index is 759. The molecule has 6 nitrogen and oxygen atoms in total. The lowest BCUT2D eigenvalue weighted by molar-refractivity contribution is 0.0950. The minimum Gasteiger partial charge on any atom is -0.373 e. The van der Waals surface area contributed by atoms with Crippen LogP contribution in [0.2, 0.25) is 0 Å². The second-order valence-electron chi connectivity index (χ2n) is 6.87. The van der Waals surface area contributed by atoms with E-state index < -0.39 is 0 Å². The van der Waals surface area contributed by atoms with E-state index in [0.717, 1.165) is 30.0 Å². The van der Waals surface area contributed by atoms with E-state index >= 15 is 0 Å². The first-order valence-corrected chi connectivity index (χ1v) is 9.19. The number of aromatic nitrogens is 2. The van der Waals surface area contributed by atoms with E-state index in [-0.39, 0.29) is 5.91 Å². The van der Waals surface area contributed by atoms with Crippen LogP contribution in [0.15, 0.2) is 30.3 Å². The van der Waals surface area contributed by atoms with Gasteiger partial charge in [-0.15, -0.1) is 0 Å². The van der Waals surface area contributed by atoms with E-state index in [1.54, 1.807) is 0 Å². The number of rotatable bonds is 6. The molecule has 1 aliphatic rings. The van der Waals surface area contributed by atoms with E-state index in [1.165, 1.54) is 12.8 Å². The quantitative estimate of drug-likeness (QED) is 0.836. The molecule has 1 aliphatic heterocycles. The van der Waals surface area contributed by atoms with Gasteiger partial charge in [-0.1, -0.05) is 12.1 Å². The van der Waals surface area contributed by atoms with Gasteiger partial charge < -0.3 is 15.5 Å². The Hall–Kier alpha value is -2.47. The molecule has 0 bridgehead atoms. The maximum Gasteiger partial charge on any atom is 0.251 e. The van der Waals surface area contributed by atoms with Gasteiger partial charge in [-0.05, 0) is 51.9 Å². The van der Waals surface area contributed by atoms with Crippen molar-refractivity contribution in [2.75, 3.05) is 32.5 Å². The number of amides is 1. The second-order valence-corrected chi connectivity index (χ2v) is 6.87. The average molecular weight is 353 g/mol. The predicted octanol–water partition coefficient (Wildman–Crippen LogP) is 2.71. The van der Waals surface area contributed by atoms with Crippen molar-refractivity contribution in [2.24, 2.45) is 0 Å². The van der Waals surface area contributed by atoms with Crippen molar-refractivity contribution in [3.8, 4) is 11.4 Å². The van der Waals surface area contributed by atoms with Gasteiger partial charge in [0.2, 0.25) is 0 Å². The molecular formula is C20H27N5O. The van der Waals surface area contributed by atoms with E-state index in [4.69, 9.17) is 0 Å². The van der Waals surface area contributed by atoms with Crippen LogP contribution in [-0.4, -0.2) is 54.0 Å². The van der Waals surface area contributed by atoms with E-state index in [2.05, 4.69) is 32.5 Å². The number of nitrogens with zero attached hydrogens (tertiary/aromatic N) is 3. The first-order valence-electron chi connectivity index (χ1n) is 9.19. The van der Waals surface area contributed by atoms with Crippen LogP contribution >= 0.6 is 0 Å². The Morgan fingerprint density at radius 1 is 1.27 bits per heavy atom. The van der Waals surface area contributed by atoms with Gasteiger partial charge in [-0.3, -0.25) is 4.79 Å². The molecule has 1 unspecified atom stereocenters. The number of hydrogen-bond donors (Lipinski definition) is 2. The molecule has 0 spiro atoms. The van der Waals surface area contributed by atoms with Crippen molar-refractivity contribution in [3.05, 3.63) is 41.6 Å². The Morgan fingerprint density at radius 3 is 2.69 bits per heavy atom. The molecule has 2 heterocycles. The maximum atomic E-state index is 12.3. The summed E-state index contributed by atoms with van der Waals surface area (Å²) in [6.45, 7) is 3.81. The van der Waals surface area contributed by atoms with Gasteiger partial charge in [0.05, 0.1) is 0 Å². The van der Waals surface area contributed by atoms with Crippen molar-refractivity contribution in [3.63, 3.8) is 0 Å². The molecule has 1 atom stereocenters. The van der Waals surface area contributed by atoms with Gasteiger partial charge in [0.15, 0.2) is 5.82 Å². The zero-order valence-electron chi connectivity index (χ0n) is 15.7. The molecule has 0 aliphatic carbocycles. The molecule has 2 N–H and O–H groups in total. The normalized spacial score (nSPS) is 17.3. The van der Waals surface area contributed by atoms with Crippen molar-refractivity contribution in [1.82, 2.24) is 20.2 Å². The third-order valence-electron chi connectivity index (χ3n) is 4.95. The number of benzene rings is 1. The van der Waals surface area contributed by atoms with Gasteiger partial charge in [-0.25, -0.2) is 9.97 Å². The Balaban J connectivity index is 1.60. The largest absolute Gasteiger partial charge is 0.373 e. The Labute approximate surface area is 155 Å². The first kappa shape index (κ1) is 18.3. The molecule has 0 radical (unpaired) electrons. The molecule has 1 fully saturated rings. The summed E-state index contributed by atoms with van der Waals surface area (Å²) in [5.41, 5.74) is 2.46. The summed E-state index contributed by atoms with van der Waals surface area (Å²) < 4.78 is 0. The molecule has 1 aromatic heterocycles. The topological polar surface area (TPSA) is 70.2 Å². The highest BCUT2D eigenvalue weighted by atomic mass is 16.1. The van der Waals surface area contributed by atoms with E-state index in [1.807, 2.05) is 44.3 Å². The predicted molar refractivity (Wildman–Crippen MR) is 104 cm³/mol. The van der Waals surface area contributed by atoms with Crippen LogP contribution in [-0.2, 0) is 0 Å². The molecule has 2 aromatic rings. The van der Waals surface area contributed by atoms with Crippen LogP contribution in [0.3, 0.4) is 0 Å².